The van der Waals surface area contributed by atoms with Gasteiger partial charge in [-0.3, -0.25) is 4.79 Å². The summed E-state index contributed by atoms with van der Waals surface area (Å²) >= 11 is 2.67. The third kappa shape index (κ3) is 5.33. The molecule has 1 amide bonds. The third-order valence-electron chi connectivity index (χ3n) is 2.90. The first-order chi connectivity index (χ1) is 11.1. The van der Waals surface area contributed by atoms with Crippen molar-refractivity contribution in [2.45, 2.75) is 19.6 Å². The molecule has 1 N–H and O–H groups in total. The van der Waals surface area contributed by atoms with Crippen LogP contribution in [0.1, 0.15) is 28.7 Å². The molecule has 23 heavy (non-hydrogen) atoms. The molecule has 0 aliphatic heterocycles. The second kappa shape index (κ2) is 8.64. The van der Waals surface area contributed by atoms with E-state index in [0.717, 1.165) is 11.4 Å². The second-order valence-electron chi connectivity index (χ2n) is 4.64. The molecule has 0 aliphatic rings. The minimum absolute atomic E-state index is 0.0975. The highest BCUT2D eigenvalue weighted by atomic mass is 32.2. The first-order valence-electron chi connectivity index (χ1n) is 7.03. The van der Waals surface area contributed by atoms with Crippen molar-refractivity contribution in [3.05, 3.63) is 41.2 Å². The molecule has 1 heterocycles. The fourth-order valence-corrected chi connectivity index (χ4v) is 3.19. The van der Waals surface area contributed by atoms with Crippen LogP contribution in [0.25, 0.3) is 0 Å². The van der Waals surface area contributed by atoms with E-state index < -0.39 is 0 Å². The molecule has 122 valence electrons. The number of aromatic nitrogens is 2. The number of carbonyl (C=O) groups is 2. The monoisotopic (exact) mass is 351 g/mol. The molecule has 1 aromatic heterocycles. The number of ether oxygens (including phenoxy) is 1. The van der Waals surface area contributed by atoms with Gasteiger partial charge in [0.15, 0.2) is 0 Å². The van der Waals surface area contributed by atoms with E-state index in [0.29, 0.717) is 29.4 Å². The van der Waals surface area contributed by atoms with Gasteiger partial charge in [0.05, 0.1) is 41.0 Å². The first kappa shape index (κ1) is 17.4. The SMILES string of the molecule is CCOC(=O)c1ccc(NC(=O)CSCc2nsnc2C)cc1. The van der Waals surface area contributed by atoms with Crippen LogP contribution in [0.15, 0.2) is 24.3 Å². The predicted molar refractivity (Wildman–Crippen MR) is 91.8 cm³/mol. The highest BCUT2D eigenvalue weighted by molar-refractivity contribution is 7.99. The minimum Gasteiger partial charge on any atom is -0.462 e. The summed E-state index contributed by atoms with van der Waals surface area (Å²) in [5.41, 5.74) is 2.95. The number of nitrogens with zero attached hydrogens (tertiary/aromatic N) is 2. The number of anilines is 1. The van der Waals surface area contributed by atoms with Crippen molar-refractivity contribution in [2.24, 2.45) is 0 Å². The lowest BCUT2D eigenvalue weighted by atomic mass is 10.2. The Bertz CT molecular complexity index is 671. The molecule has 1 aromatic carbocycles. The van der Waals surface area contributed by atoms with Gasteiger partial charge >= 0.3 is 5.97 Å². The molecule has 0 spiro atoms. The predicted octanol–water partition coefficient (Wildman–Crippen LogP) is 2.90. The van der Waals surface area contributed by atoms with E-state index in [1.54, 1.807) is 31.2 Å². The zero-order valence-corrected chi connectivity index (χ0v) is 14.5. The third-order valence-corrected chi connectivity index (χ3v) is 4.50. The van der Waals surface area contributed by atoms with Crippen LogP contribution in [0, 0.1) is 6.92 Å². The number of thioether (sulfide) groups is 1. The standard InChI is InChI=1S/C15H17N3O3S2/c1-3-21-15(20)11-4-6-12(7-5-11)16-14(19)9-22-8-13-10(2)17-23-18-13/h4-7H,3,8-9H2,1-2H3,(H,16,19). The Hall–Kier alpha value is -1.93. The average molecular weight is 351 g/mol. The van der Waals surface area contributed by atoms with Crippen LogP contribution in [0.4, 0.5) is 5.69 Å². The molecule has 6 nitrogen and oxygen atoms in total. The van der Waals surface area contributed by atoms with Gasteiger partial charge < -0.3 is 10.1 Å². The van der Waals surface area contributed by atoms with Gasteiger partial charge in [-0.15, -0.1) is 11.8 Å². The van der Waals surface area contributed by atoms with Crippen molar-refractivity contribution in [1.82, 2.24) is 8.75 Å². The van der Waals surface area contributed by atoms with Crippen molar-refractivity contribution in [2.75, 3.05) is 17.7 Å². The van der Waals surface area contributed by atoms with Gasteiger partial charge in [-0.25, -0.2) is 4.79 Å². The Morgan fingerprint density at radius 2 is 2.00 bits per heavy atom. The summed E-state index contributed by atoms with van der Waals surface area (Å²) < 4.78 is 13.2. The molecular weight excluding hydrogens is 334 g/mol. The van der Waals surface area contributed by atoms with E-state index >= 15 is 0 Å². The van der Waals surface area contributed by atoms with Crippen LogP contribution in [0.2, 0.25) is 0 Å². The molecular formula is C15H17N3O3S2. The molecule has 0 bridgehead atoms. The van der Waals surface area contributed by atoms with Crippen LogP contribution in [0.5, 0.6) is 0 Å². The van der Waals surface area contributed by atoms with Crippen molar-refractivity contribution in [3.8, 4) is 0 Å². The molecule has 8 heteroatoms. The second-order valence-corrected chi connectivity index (χ2v) is 6.15. The van der Waals surface area contributed by atoms with Crippen molar-refractivity contribution in [1.29, 1.82) is 0 Å². The summed E-state index contributed by atoms with van der Waals surface area (Å²) in [6, 6.07) is 6.63. The smallest absolute Gasteiger partial charge is 0.338 e. The summed E-state index contributed by atoms with van der Waals surface area (Å²) in [5, 5.41) is 2.79. The summed E-state index contributed by atoms with van der Waals surface area (Å²) in [7, 11) is 0. The van der Waals surface area contributed by atoms with E-state index in [4.69, 9.17) is 4.74 Å². The Morgan fingerprint density at radius 3 is 2.61 bits per heavy atom. The molecule has 0 radical (unpaired) electrons. The topological polar surface area (TPSA) is 81.2 Å². The van der Waals surface area contributed by atoms with Crippen molar-refractivity contribution in [3.63, 3.8) is 0 Å². The van der Waals surface area contributed by atoms with Crippen molar-refractivity contribution < 1.29 is 14.3 Å². The number of aryl methyl sites for hydroxylation is 1. The lowest BCUT2D eigenvalue weighted by molar-refractivity contribution is -0.113. The normalized spacial score (nSPS) is 10.3. The van der Waals surface area contributed by atoms with Crippen LogP contribution < -0.4 is 5.32 Å². The number of nitrogens with one attached hydrogen (secondary N) is 1. The maximum atomic E-state index is 11.9. The minimum atomic E-state index is -0.367. The number of hydrogen-bond donors (Lipinski definition) is 1. The van der Waals surface area contributed by atoms with Crippen molar-refractivity contribution >= 4 is 41.1 Å². The lowest BCUT2D eigenvalue weighted by Crippen LogP contribution is -2.14. The van der Waals surface area contributed by atoms with E-state index in [2.05, 4.69) is 14.1 Å². The molecule has 0 saturated carbocycles. The van der Waals surface area contributed by atoms with Gasteiger partial charge in [-0.05, 0) is 38.1 Å². The van der Waals surface area contributed by atoms with Crippen LogP contribution in [-0.2, 0) is 15.3 Å². The molecule has 2 rings (SSSR count). The Balaban J connectivity index is 1.78. The van der Waals surface area contributed by atoms with Crippen LogP contribution in [0.3, 0.4) is 0 Å². The summed E-state index contributed by atoms with van der Waals surface area (Å²) in [6.45, 7) is 4.00. The van der Waals surface area contributed by atoms with Crippen LogP contribution in [-0.4, -0.2) is 33.0 Å². The number of benzene rings is 1. The van der Waals surface area contributed by atoms with E-state index in [9.17, 15) is 9.59 Å². The molecule has 0 unspecified atom stereocenters. The Morgan fingerprint density at radius 1 is 1.26 bits per heavy atom. The summed E-state index contributed by atoms with van der Waals surface area (Å²) in [5.74, 6) is 0.529. The maximum absolute atomic E-state index is 11.9. The van der Waals surface area contributed by atoms with Gasteiger partial charge in [0.1, 0.15) is 0 Å². The molecule has 0 fully saturated rings. The Labute approximate surface area is 143 Å². The zero-order chi connectivity index (χ0) is 16.7. The van der Waals surface area contributed by atoms with E-state index in [1.165, 1.54) is 23.5 Å². The molecule has 0 aliphatic carbocycles. The first-order valence-corrected chi connectivity index (χ1v) is 8.91. The van der Waals surface area contributed by atoms with Gasteiger partial charge in [0.25, 0.3) is 0 Å². The number of rotatable bonds is 7. The number of amides is 1. The lowest BCUT2D eigenvalue weighted by Gasteiger charge is -2.06. The fraction of sp³-hybridized carbons (Fsp3) is 0.333. The highest BCUT2D eigenvalue weighted by Crippen LogP contribution is 2.15. The highest BCUT2D eigenvalue weighted by Gasteiger charge is 2.08. The van der Waals surface area contributed by atoms with Gasteiger partial charge in [0.2, 0.25) is 5.91 Å². The Kier molecular flexibility index (Phi) is 6.54. The molecule has 0 saturated heterocycles. The summed E-state index contributed by atoms with van der Waals surface area (Å²) in [4.78, 5) is 23.4. The van der Waals surface area contributed by atoms with Gasteiger partial charge in [0, 0.05) is 11.4 Å². The largest absolute Gasteiger partial charge is 0.462 e. The number of esters is 1. The summed E-state index contributed by atoms with van der Waals surface area (Å²) in [6.07, 6.45) is 0. The molecule has 2 aromatic rings. The quantitative estimate of drug-likeness (QED) is 0.773. The van der Waals surface area contributed by atoms with Crippen LogP contribution >= 0.6 is 23.5 Å². The van der Waals surface area contributed by atoms with Gasteiger partial charge in [-0.1, -0.05) is 0 Å². The van der Waals surface area contributed by atoms with E-state index in [-0.39, 0.29) is 11.9 Å². The maximum Gasteiger partial charge on any atom is 0.338 e. The van der Waals surface area contributed by atoms with E-state index in [1.807, 2.05) is 6.92 Å². The number of carbonyl (C=O) groups excluding carboxylic acids is 2. The fourth-order valence-electron chi connectivity index (χ4n) is 1.72. The van der Waals surface area contributed by atoms with Gasteiger partial charge in [-0.2, -0.15) is 8.75 Å². The molecule has 0 atom stereocenters. The average Bonchev–Trinajstić information content (AvgIpc) is 2.93. The zero-order valence-electron chi connectivity index (χ0n) is 12.9. The number of hydrogen-bond acceptors (Lipinski definition) is 7.